The molecule has 0 aromatic carbocycles. The number of urea groups is 1. The van der Waals surface area contributed by atoms with E-state index in [2.05, 4.69) is 28.6 Å². The molecule has 0 aliphatic carbocycles. The van der Waals surface area contributed by atoms with E-state index in [1.165, 1.54) is 57.8 Å². The summed E-state index contributed by atoms with van der Waals surface area (Å²) in [6.07, 6.45) is 18.0. The van der Waals surface area contributed by atoms with Gasteiger partial charge in [0.25, 0.3) is 0 Å². The number of rotatable bonds is 18. The number of thiol groups is 1. The van der Waals surface area contributed by atoms with Crippen molar-refractivity contribution in [3.63, 3.8) is 0 Å². The smallest absolute Gasteiger partial charge is 0.315 e. The van der Waals surface area contributed by atoms with Crippen molar-refractivity contribution < 1.29 is 9.59 Å². The first-order valence-corrected chi connectivity index (χ1v) is 13.9. The molecule has 2 fully saturated rings. The van der Waals surface area contributed by atoms with Crippen LogP contribution >= 0.6 is 24.4 Å². The normalized spacial score (nSPS) is 22.6. The molecule has 2 saturated heterocycles. The number of hydrogen-bond donors (Lipinski definition) is 4. The van der Waals surface area contributed by atoms with E-state index in [9.17, 15) is 9.59 Å². The number of carbonyl (C=O) groups excluding carboxylic acids is 2. The Hall–Kier alpha value is -0.560. The Labute approximate surface area is 193 Å². The van der Waals surface area contributed by atoms with E-state index >= 15 is 0 Å². The van der Waals surface area contributed by atoms with Crippen molar-refractivity contribution in [1.82, 2.24) is 16.0 Å². The zero-order valence-corrected chi connectivity index (χ0v) is 20.3. The van der Waals surface area contributed by atoms with Gasteiger partial charge in [-0.1, -0.05) is 64.2 Å². The molecule has 0 radical (unpaired) electrons. The van der Waals surface area contributed by atoms with Crippen molar-refractivity contribution in [2.45, 2.75) is 114 Å². The predicted molar refractivity (Wildman–Crippen MR) is 132 cm³/mol. The van der Waals surface area contributed by atoms with Crippen LogP contribution in [-0.4, -0.2) is 47.3 Å². The van der Waals surface area contributed by atoms with E-state index < -0.39 is 0 Å². The average molecular weight is 458 g/mol. The minimum atomic E-state index is -0.0116. The summed E-state index contributed by atoms with van der Waals surface area (Å²) in [4.78, 5) is 23.4. The SMILES string of the molecule is O=C(CCCCCC1SCC2NC(=O)NC21)NCCCCCCCCCCCCS. The highest BCUT2D eigenvalue weighted by Crippen LogP contribution is 2.33. The monoisotopic (exact) mass is 457 g/mol. The molecule has 0 aromatic heterocycles. The van der Waals surface area contributed by atoms with Gasteiger partial charge >= 0.3 is 6.03 Å². The van der Waals surface area contributed by atoms with Crippen LogP contribution in [0.25, 0.3) is 0 Å². The quantitative estimate of drug-likeness (QED) is 0.132. The van der Waals surface area contributed by atoms with Gasteiger partial charge in [0.1, 0.15) is 0 Å². The maximum absolute atomic E-state index is 12.0. The van der Waals surface area contributed by atoms with Crippen molar-refractivity contribution in [3.8, 4) is 0 Å². The van der Waals surface area contributed by atoms with Crippen molar-refractivity contribution in [2.75, 3.05) is 18.1 Å². The van der Waals surface area contributed by atoms with Crippen molar-refractivity contribution >= 4 is 36.3 Å². The van der Waals surface area contributed by atoms with Crippen LogP contribution in [0.2, 0.25) is 0 Å². The Balaban J connectivity index is 1.31. The molecule has 3 unspecified atom stereocenters. The molecule has 0 saturated carbocycles. The highest BCUT2D eigenvalue weighted by molar-refractivity contribution is 8.00. The van der Waals surface area contributed by atoms with Gasteiger partial charge in [-0.3, -0.25) is 4.79 Å². The molecule has 3 N–H and O–H groups in total. The van der Waals surface area contributed by atoms with Crippen LogP contribution in [0.3, 0.4) is 0 Å². The number of nitrogens with one attached hydrogen (secondary N) is 3. The fourth-order valence-corrected chi connectivity index (χ4v) is 6.19. The molecule has 174 valence electrons. The first-order valence-electron chi connectivity index (χ1n) is 12.3. The largest absolute Gasteiger partial charge is 0.356 e. The van der Waals surface area contributed by atoms with Gasteiger partial charge in [-0.25, -0.2) is 4.79 Å². The third-order valence-electron chi connectivity index (χ3n) is 6.24. The molecule has 5 nitrogen and oxygen atoms in total. The second kappa shape index (κ2) is 16.1. The number of thioether (sulfide) groups is 1. The van der Waals surface area contributed by atoms with Crippen LogP contribution in [0, 0.1) is 0 Å². The van der Waals surface area contributed by atoms with Crippen LogP contribution in [0.5, 0.6) is 0 Å². The Morgan fingerprint density at radius 2 is 1.53 bits per heavy atom. The first-order chi connectivity index (χ1) is 14.7. The van der Waals surface area contributed by atoms with Gasteiger partial charge in [0.15, 0.2) is 0 Å². The Bertz CT molecular complexity index is 493. The molecule has 2 aliphatic heterocycles. The van der Waals surface area contributed by atoms with Gasteiger partial charge < -0.3 is 16.0 Å². The van der Waals surface area contributed by atoms with Gasteiger partial charge in [-0.2, -0.15) is 24.4 Å². The average Bonchev–Trinajstić information content (AvgIpc) is 3.28. The highest BCUT2D eigenvalue weighted by atomic mass is 32.2. The standard InChI is InChI=1S/C23H43N3O2S2/c27-21(24-16-12-7-5-3-1-2-4-6-8-13-17-29)15-11-9-10-14-20-22-19(18-30-20)25-23(28)26-22/h19-20,22,29H,1-18H2,(H,24,27)(H2,25,26,28). The van der Waals surface area contributed by atoms with Crippen molar-refractivity contribution in [2.24, 2.45) is 0 Å². The Morgan fingerprint density at radius 1 is 0.900 bits per heavy atom. The molecule has 0 bridgehead atoms. The van der Waals surface area contributed by atoms with Crippen molar-refractivity contribution in [3.05, 3.63) is 0 Å². The predicted octanol–water partition coefficient (Wildman–Crippen LogP) is 5.05. The minimum absolute atomic E-state index is 0.0116. The lowest BCUT2D eigenvalue weighted by Gasteiger charge is -2.16. The molecule has 30 heavy (non-hydrogen) atoms. The van der Waals surface area contributed by atoms with Gasteiger partial charge in [0, 0.05) is 24.0 Å². The number of unbranched alkanes of at least 4 members (excludes halogenated alkanes) is 11. The lowest BCUT2D eigenvalue weighted by molar-refractivity contribution is -0.121. The Kier molecular flexibility index (Phi) is 13.8. The number of carbonyl (C=O) groups is 2. The van der Waals surface area contributed by atoms with Crippen molar-refractivity contribution in [1.29, 1.82) is 0 Å². The maximum atomic E-state index is 12.0. The summed E-state index contributed by atoms with van der Waals surface area (Å²) < 4.78 is 0. The summed E-state index contributed by atoms with van der Waals surface area (Å²) in [5, 5.41) is 9.63. The van der Waals surface area contributed by atoms with Gasteiger partial charge in [0.05, 0.1) is 12.1 Å². The van der Waals surface area contributed by atoms with E-state index in [0.29, 0.717) is 23.8 Å². The molecular formula is C23H43N3O2S2. The summed E-state index contributed by atoms with van der Waals surface area (Å²) in [6.45, 7) is 0.830. The number of fused-ring (bicyclic) bond motifs is 1. The van der Waals surface area contributed by atoms with Crippen LogP contribution in [0.15, 0.2) is 0 Å². The molecule has 3 amide bonds. The molecule has 3 atom stereocenters. The minimum Gasteiger partial charge on any atom is -0.356 e. The van der Waals surface area contributed by atoms with E-state index in [0.717, 1.165) is 50.2 Å². The second-order valence-electron chi connectivity index (χ2n) is 8.83. The Morgan fingerprint density at radius 3 is 2.23 bits per heavy atom. The first kappa shape index (κ1) is 25.7. The molecule has 0 aromatic rings. The zero-order valence-electron chi connectivity index (χ0n) is 18.6. The summed E-state index contributed by atoms with van der Waals surface area (Å²) in [5.41, 5.74) is 0. The third-order valence-corrected chi connectivity index (χ3v) is 8.06. The second-order valence-corrected chi connectivity index (χ2v) is 10.5. The lowest BCUT2D eigenvalue weighted by Crippen LogP contribution is -2.36. The van der Waals surface area contributed by atoms with Crippen LogP contribution < -0.4 is 16.0 Å². The molecule has 2 aliphatic rings. The number of amides is 3. The lowest BCUT2D eigenvalue weighted by atomic mass is 10.0. The molecular weight excluding hydrogens is 414 g/mol. The summed E-state index contributed by atoms with van der Waals surface area (Å²) in [5.74, 6) is 2.25. The topological polar surface area (TPSA) is 70.2 Å². The number of hydrogen-bond acceptors (Lipinski definition) is 4. The van der Waals surface area contributed by atoms with Crippen LogP contribution in [-0.2, 0) is 4.79 Å². The highest BCUT2D eigenvalue weighted by Gasteiger charge is 2.42. The van der Waals surface area contributed by atoms with Gasteiger partial charge in [0.2, 0.25) is 5.91 Å². The van der Waals surface area contributed by atoms with E-state index in [4.69, 9.17) is 0 Å². The van der Waals surface area contributed by atoms with E-state index in [1.54, 1.807) is 0 Å². The van der Waals surface area contributed by atoms with E-state index in [1.807, 2.05) is 11.8 Å². The zero-order chi connectivity index (χ0) is 21.4. The summed E-state index contributed by atoms with van der Waals surface area (Å²) in [6, 6.07) is 0.600. The third kappa shape index (κ3) is 10.7. The van der Waals surface area contributed by atoms with Gasteiger partial charge in [-0.05, 0) is 31.4 Å². The summed E-state index contributed by atoms with van der Waals surface area (Å²) in [7, 11) is 0. The van der Waals surface area contributed by atoms with Crippen LogP contribution in [0.4, 0.5) is 4.79 Å². The summed E-state index contributed by atoms with van der Waals surface area (Å²) >= 11 is 6.21. The molecule has 2 rings (SSSR count). The van der Waals surface area contributed by atoms with Gasteiger partial charge in [-0.15, -0.1) is 0 Å². The maximum Gasteiger partial charge on any atom is 0.315 e. The van der Waals surface area contributed by atoms with E-state index in [-0.39, 0.29) is 11.9 Å². The fraction of sp³-hybridized carbons (Fsp3) is 0.913. The van der Waals surface area contributed by atoms with Crippen LogP contribution in [0.1, 0.15) is 96.3 Å². The molecule has 0 spiro atoms. The molecule has 7 heteroatoms. The fourth-order valence-electron chi connectivity index (χ4n) is 4.42. The molecule has 2 heterocycles.